The van der Waals surface area contributed by atoms with Crippen LogP contribution in [0.4, 0.5) is 0 Å². The predicted molar refractivity (Wildman–Crippen MR) is 83.0 cm³/mol. The zero-order valence-corrected chi connectivity index (χ0v) is 13.4. The van der Waals surface area contributed by atoms with Crippen molar-refractivity contribution in [2.24, 2.45) is 7.05 Å². The van der Waals surface area contributed by atoms with E-state index < -0.39 is 10.0 Å². The van der Waals surface area contributed by atoms with E-state index in [-0.39, 0.29) is 4.90 Å². The van der Waals surface area contributed by atoms with Crippen LogP contribution in [0.3, 0.4) is 0 Å². The SMILES string of the molecule is Cn1nccc1CCNS(=O)(=O)c1ccc(CCCl)cc1. The van der Waals surface area contributed by atoms with Gasteiger partial charge in [0, 0.05) is 37.8 Å². The summed E-state index contributed by atoms with van der Waals surface area (Å²) in [4.78, 5) is 0.269. The molecule has 0 atom stereocenters. The second-order valence-electron chi connectivity index (χ2n) is 4.68. The Morgan fingerprint density at radius 3 is 2.48 bits per heavy atom. The third kappa shape index (κ3) is 4.30. The normalized spacial score (nSPS) is 11.7. The minimum Gasteiger partial charge on any atom is -0.273 e. The summed E-state index contributed by atoms with van der Waals surface area (Å²) in [5, 5.41) is 4.05. The molecule has 0 aliphatic rings. The summed E-state index contributed by atoms with van der Waals surface area (Å²) >= 11 is 5.66. The minimum atomic E-state index is -3.47. The van der Waals surface area contributed by atoms with Gasteiger partial charge in [-0.05, 0) is 30.2 Å². The highest BCUT2D eigenvalue weighted by Gasteiger charge is 2.13. The number of aryl methyl sites for hydroxylation is 2. The summed E-state index contributed by atoms with van der Waals surface area (Å²) in [5.41, 5.74) is 2.01. The first-order valence-electron chi connectivity index (χ1n) is 6.64. The number of alkyl halides is 1. The molecular formula is C14H18ClN3O2S. The van der Waals surface area contributed by atoms with Crippen molar-refractivity contribution in [2.45, 2.75) is 17.7 Å². The Morgan fingerprint density at radius 2 is 1.90 bits per heavy atom. The third-order valence-corrected chi connectivity index (χ3v) is 4.88. The molecule has 0 amide bonds. The van der Waals surface area contributed by atoms with Gasteiger partial charge in [0.15, 0.2) is 0 Å². The van der Waals surface area contributed by atoms with Crippen LogP contribution < -0.4 is 4.72 Å². The van der Waals surface area contributed by atoms with Crippen molar-refractivity contribution in [1.29, 1.82) is 0 Å². The van der Waals surface area contributed by atoms with Gasteiger partial charge in [-0.1, -0.05) is 12.1 Å². The van der Waals surface area contributed by atoms with Gasteiger partial charge in [-0.15, -0.1) is 11.6 Å². The number of benzene rings is 1. The van der Waals surface area contributed by atoms with Crippen LogP contribution in [0, 0.1) is 0 Å². The Hall–Kier alpha value is -1.37. The first-order valence-corrected chi connectivity index (χ1v) is 8.66. The monoisotopic (exact) mass is 327 g/mol. The van der Waals surface area contributed by atoms with E-state index in [0.717, 1.165) is 17.7 Å². The lowest BCUT2D eigenvalue weighted by atomic mass is 10.2. The summed E-state index contributed by atoms with van der Waals surface area (Å²) in [5.74, 6) is 0.523. The molecule has 0 radical (unpaired) electrons. The van der Waals surface area contributed by atoms with Crippen molar-refractivity contribution in [3.63, 3.8) is 0 Å². The van der Waals surface area contributed by atoms with Crippen molar-refractivity contribution >= 4 is 21.6 Å². The maximum Gasteiger partial charge on any atom is 0.240 e. The van der Waals surface area contributed by atoms with E-state index in [4.69, 9.17) is 11.6 Å². The molecule has 1 N–H and O–H groups in total. The van der Waals surface area contributed by atoms with Crippen LogP contribution in [0.2, 0.25) is 0 Å². The molecule has 7 heteroatoms. The molecule has 1 aromatic heterocycles. The van der Waals surface area contributed by atoms with Gasteiger partial charge in [-0.25, -0.2) is 13.1 Å². The molecule has 21 heavy (non-hydrogen) atoms. The van der Waals surface area contributed by atoms with Gasteiger partial charge in [0.1, 0.15) is 0 Å². The molecule has 0 bridgehead atoms. The van der Waals surface area contributed by atoms with Crippen LogP contribution >= 0.6 is 11.6 Å². The average molecular weight is 328 g/mol. The smallest absolute Gasteiger partial charge is 0.240 e. The second kappa shape index (κ2) is 7.06. The number of nitrogens with one attached hydrogen (secondary N) is 1. The molecular weight excluding hydrogens is 310 g/mol. The molecule has 0 aliphatic carbocycles. The molecule has 0 saturated heterocycles. The molecule has 0 fully saturated rings. The lowest BCUT2D eigenvalue weighted by Crippen LogP contribution is -2.26. The van der Waals surface area contributed by atoms with E-state index in [9.17, 15) is 8.42 Å². The molecule has 1 aromatic carbocycles. The first-order chi connectivity index (χ1) is 10.0. The van der Waals surface area contributed by atoms with Crippen LogP contribution in [0.1, 0.15) is 11.3 Å². The molecule has 0 saturated carbocycles. The van der Waals surface area contributed by atoms with Crippen molar-refractivity contribution < 1.29 is 8.42 Å². The Labute approximate surface area is 130 Å². The lowest BCUT2D eigenvalue weighted by Gasteiger charge is -2.08. The van der Waals surface area contributed by atoms with Gasteiger partial charge in [-0.3, -0.25) is 4.68 Å². The van der Waals surface area contributed by atoms with Gasteiger partial charge < -0.3 is 0 Å². The van der Waals surface area contributed by atoms with Gasteiger partial charge in [0.05, 0.1) is 4.90 Å². The van der Waals surface area contributed by atoms with E-state index in [2.05, 4.69) is 9.82 Å². The average Bonchev–Trinajstić information content (AvgIpc) is 2.85. The van der Waals surface area contributed by atoms with Gasteiger partial charge >= 0.3 is 0 Å². The summed E-state index contributed by atoms with van der Waals surface area (Å²) in [6, 6.07) is 8.66. The first kappa shape index (κ1) is 16.0. The number of sulfonamides is 1. The molecule has 5 nitrogen and oxygen atoms in total. The number of aromatic nitrogens is 2. The largest absolute Gasteiger partial charge is 0.273 e. The quantitative estimate of drug-likeness (QED) is 0.788. The number of rotatable bonds is 7. The number of hydrogen-bond donors (Lipinski definition) is 1. The van der Waals surface area contributed by atoms with Crippen molar-refractivity contribution in [3.05, 3.63) is 47.8 Å². The lowest BCUT2D eigenvalue weighted by molar-refractivity contribution is 0.579. The zero-order chi connectivity index (χ0) is 15.3. The van der Waals surface area contributed by atoms with Crippen molar-refractivity contribution in [1.82, 2.24) is 14.5 Å². The highest BCUT2D eigenvalue weighted by atomic mass is 35.5. The second-order valence-corrected chi connectivity index (χ2v) is 6.82. The predicted octanol–water partition coefficient (Wildman–Crippen LogP) is 1.72. The fourth-order valence-corrected chi connectivity index (χ4v) is 3.24. The van der Waals surface area contributed by atoms with Gasteiger partial charge in [0.2, 0.25) is 10.0 Å². The van der Waals surface area contributed by atoms with E-state index in [1.165, 1.54) is 0 Å². The molecule has 0 aliphatic heterocycles. The van der Waals surface area contributed by atoms with E-state index in [1.54, 1.807) is 35.1 Å². The topological polar surface area (TPSA) is 64.0 Å². The highest BCUT2D eigenvalue weighted by Crippen LogP contribution is 2.11. The maximum absolute atomic E-state index is 12.2. The highest BCUT2D eigenvalue weighted by molar-refractivity contribution is 7.89. The molecule has 1 heterocycles. The third-order valence-electron chi connectivity index (χ3n) is 3.21. The maximum atomic E-state index is 12.2. The molecule has 114 valence electrons. The fraction of sp³-hybridized carbons (Fsp3) is 0.357. The van der Waals surface area contributed by atoms with Crippen molar-refractivity contribution in [2.75, 3.05) is 12.4 Å². The Balaban J connectivity index is 1.96. The Morgan fingerprint density at radius 1 is 1.19 bits per heavy atom. The summed E-state index contributed by atoms with van der Waals surface area (Å²) in [7, 11) is -1.64. The standard InChI is InChI=1S/C14H18ClN3O2S/c1-18-13(7-10-16-18)8-11-17-21(19,20)14-4-2-12(3-5-14)6-9-15/h2-5,7,10,17H,6,8-9,11H2,1H3. The summed E-state index contributed by atoms with van der Waals surface area (Å²) in [6.07, 6.45) is 3.02. The van der Waals surface area contributed by atoms with Gasteiger partial charge in [-0.2, -0.15) is 5.10 Å². The van der Waals surface area contributed by atoms with Gasteiger partial charge in [0.25, 0.3) is 0 Å². The van der Waals surface area contributed by atoms with E-state index in [0.29, 0.717) is 18.8 Å². The minimum absolute atomic E-state index is 0.269. The van der Waals surface area contributed by atoms with Crippen LogP contribution in [-0.4, -0.2) is 30.6 Å². The molecule has 2 rings (SSSR count). The molecule has 0 spiro atoms. The Kier molecular flexibility index (Phi) is 5.39. The Bertz CT molecular complexity index is 680. The fourth-order valence-electron chi connectivity index (χ4n) is 1.99. The summed E-state index contributed by atoms with van der Waals surface area (Å²) in [6.45, 7) is 0.339. The number of halogens is 1. The van der Waals surface area contributed by atoms with Crippen molar-refractivity contribution in [3.8, 4) is 0 Å². The molecule has 0 unspecified atom stereocenters. The number of nitrogens with zero attached hydrogens (tertiary/aromatic N) is 2. The zero-order valence-electron chi connectivity index (χ0n) is 11.8. The molecule has 2 aromatic rings. The van der Waals surface area contributed by atoms with Crippen LogP contribution in [0.5, 0.6) is 0 Å². The number of hydrogen-bond acceptors (Lipinski definition) is 3. The summed E-state index contributed by atoms with van der Waals surface area (Å²) < 4.78 is 28.6. The van der Waals surface area contributed by atoms with E-state index in [1.807, 2.05) is 13.1 Å². The van der Waals surface area contributed by atoms with E-state index >= 15 is 0 Å². The van der Waals surface area contributed by atoms with Crippen LogP contribution in [-0.2, 0) is 29.9 Å². The van der Waals surface area contributed by atoms with Crippen LogP contribution in [0.25, 0.3) is 0 Å². The van der Waals surface area contributed by atoms with Crippen LogP contribution in [0.15, 0.2) is 41.4 Å².